The van der Waals surface area contributed by atoms with E-state index < -0.39 is 0 Å². The molecule has 5 nitrogen and oxygen atoms in total. The lowest BCUT2D eigenvalue weighted by Gasteiger charge is -2.31. The van der Waals surface area contributed by atoms with Crippen molar-refractivity contribution < 1.29 is 9.90 Å². The van der Waals surface area contributed by atoms with E-state index in [-0.39, 0.29) is 24.5 Å². The van der Waals surface area contributed by atoms with Gasteiger partial charge in [-0.3, -0.25) is 4.79 Å². The van der Waals surface area contributed by atoms with Crippen LogP contribution in [0, 0.1) is 5.92 Å². The number of carbonyl (C=O) groups excluding carboxylic acids is 1. The van der Waals surface area contributed by atoms with E-state index in [9.17, 15) is 9.90 Å². The Morgan fingerprint density at radius 2 is 2.00 bits per heavy atom. The second-order valence-electron chi connectivity index (χ2n) is 7.22. The molecule has 0 spiro atoms. The van der Waals surface area contributed by atoms with Gasteiger partial charge in [0.2, 0.25) is 5.91 Å². The predicted molar refractivity (Wildman–Crippen MR) is 92.7 cm³/mol. The van der Waals surface area contributed by atoms with E-state index in [1.165, 1.54) is 12.8 Å². The van der Waals surface area contributed by atoms with Crippen molar-refractivity contribution in [3.63, 3.8) is 0 Å². The maximum atomic E-state index is 12.6. The molecule has 24 heavy (non-hydrogen) atoms. The molecule has 2 aliphatic carbocycles. The van der Waals surface area contributed by atoms with Gasteiger partial charge in [-0.1, -0.05) is 25.0 Å². The van der Waals surface area contributed by atoms with Gasteiger partial charge in [0, 0.05) is 24.5 Å². The van der Waals surface area contributed by atoms with Crippen LogP contribution in [-0.2, 0) is 11.3 Å². The lowest BCUT2D eigenvalue weighted by molar-refractivity contribution is -0.123. The van der Waals surface area contributed by atoms with E-state index in [4.69, 9.17) is 4.98 Å². The number of imidazole rings is 1. The van der Waals surface area contributed by atoms with E-state index in [0.717, 1.165) is 42.5 Å². The smallest absolute Gasteiger partial charge is 0.240 e. The standard InChI is InChI=1S/C19H25N3O2/c23-12-14-5-1-2-6-15(14)20-18(24)11-22-17-8-4-3-7-16(17)21-19(22)13-9-10-13/h3-4,7-8,13-15,23H,1-2,5-6,9-12H2,(H,20,24). The first-order valence-corrected chi connectivity index (χ1v) is 9.11. The van der Waals surface area contributed by atoms with Crippen molar-refractivity contribution >= 4 is 16.9 Å². The van der Waals surface area contributed by atoms with Crippen LogP contribution in [0.1, 0.15) is 50.3 Å². The number of hydrogen-bond acceptors (Lipinski definition) is 3. The summed E-state index contributed by atoms with van der Waals surface area (Å²) in [4.78, 5) is 17.4. The molecule has 2 unspecified atom stereocenters. The van der Waals surface area contributed by atoms with Crippen molar-refractivity contribution in [2.45, 2.75) is 57.0 Å². The van der Waals surface area contributed by atoms with Crippen LogP contribution in [0.4, 0.5) is 0 Å². The van der Waals surface area contributed by atoms with E-state index >= 15 is 0 Å². The number of carbonyl (C=O) groups is 1. The molecular formula is C19H25N3O2. The number of fused-ring (bicyclic) bond motifs is 1. The van der Waals surface area contributed by atoms with Crippen molar-refractivity contribution in [3.05, 3.63) is 30.1 Å². The molecule has 1 aromatic carbocycles. The second kappa shape index (κ2) is 6.55. The van der Waals surface area contributed by atoms with E-state index in [1.54, 1.807) is 0 Å². The van der Waals surface area contributed by atoms with Gasteiger partial charge >= 0.3 is 0 Å². The summed E-state index contributed by atoms with van der Waals surface area (Å²) in [7, 11) is 0. The van der Waals surface area contributed by atoms with Crippen LogP contribution in [0.3, 0.4) is 0 Å². The first kappa shape index (κ1) is 15.6. The molecule has 1 amide bonds. The number of para-hydroxylation sites is 2. The van der Waals surface area contributed by atoms with Gasteiger partial charge in [-0.15, -0.1) is 0 Å². The van der Waals surface area contributed by atoms with Gasteiger partial charge in [0.25, 0.3) is 0 Å². The third kappa shape index (κ3) is 3.05. The summed E-state index contributed by atoms with van der Waals surface area (Å²) < 4.78 is 2.08. The summed E-state index contributed by atoms with van der Waals surface area (Å²) in [6, 6.07) is 8.15. The van der Waals surface area contributed by atoms with Crippen LogP contribution in [0.25, 0.3) is 11.0 Å². The van der Waals surface area contributed by atoms with Gasteiger partial charge in [-0.2, -0.15) is 0 Å². The minimum atomic E-state index is 0.0328. The topological polar surface area (TPSA) is 67.2 Å². The number of rotatable bonds is 5. The molecule has 2 fully saturated rings. The number of aliphatic hydroxyl groups excluding tert-OH is 1. The number of aliphatic hydroxyl groups is 1. The summed E-state index contributed by atoms with van der Waals surface area (Å²) in [5.74, 6) is 1.79. The summed E-state index contributed by atoms with van der Waals surface area (Å²) in [5.41, 5.74) is 2.01. The van der Waals surface area contributed by atoms with Crippen LogP contribution in [0.2, 0.25) is 0 Å². The number of hydrogen-bond donors (Lipinski definition) is 2. The van der Waals surface area contributed by atoms with Gasteiger partial charge in [0.05, 0.1) is 11.0 Å². The van der Waals surface area contributed by atoms with Gasteiger partial charge in [-0.05, 0) is 37.8 Å². The van der Waals surface area contributed by atoms with Crippen LogP contribution >= 0.6 is 0 Å². The van der Waals surface area contributed by atoms with Crippen molar-refractivity contribution in [2.75, 3.05) is 6.61 Å². The number of amides is 1. The fourth-order valence-corrected chi connectivity index (χ4v) is 3.93. The van der Waals surface area contributed by atoms with Crippen molar-refractivity contribution in [1.82, 2.24) is 14.9 Å². The fourth-order valence-electron chi connectivity index (χ4n) is 3.93. The third-order valence-electron chi connectivity index (χ3n) is 5.42. The average Bonchev–Trinajstić information content (AvgIpc) is 3.39. The first-order valence-electron chi connectivity index (χ1n) is 9.11. The summed E-state index contributed by atoms with van der Waals surface area (Å²) in [6.07, 6.45) is 6.58. The molecular weight excluding hydrogens is 302 g/mol. The molecule has 0 saturated heterocycles. The Morgan fingerprint density at radius 3 is 2.79 bits per heavy atom. The molecule has 0 radical (unpaired) electrons. The largest absolute Gasteiger partial charge is 0.396 e. The Bertz CT molecular complexity index is 735. The third-order valence-corrected chi connectivity index (χ3v) is 5.42. The highest BCUT2D eigenvalue weighted by Crippen LogP contribution is 2.40. The van der Waals surface area contributed by atoms with Crippen molar-refractivity contribution in [2.24, 2.45) is 5.92 Å². The van der Waals surface area contributed by atoms with Crippen molar-refractivity contribution in [1.29, 1.82) is 0 Å². The molecule has 2 aliphatic rings. The summed E-state index contributed by atoms with van der Waals surface area (Å²) in [5, 5.41) is 12.7. The van der Waals surface area contributed by atoms with Gasteiger partial charge in [0.1, 0.15) is 12.4 Å². The number of aromatic nitrogens is 2. The highest BCUT2D eigenvalue weighted by molar-refractivity contribution is 5.81. The molecule has 128 valence electrons. The maximum absolute atomic E-state index is 12.6. The Balaban J connectivity index is 1.53. The van der Waals surface area contributed by atoms with Crippen LogP contribution in [-0.4, -0.2) is 33.2 Å². The first-order chi connectivity index (χ1) is 11.8. The molecule has 5 heteroatoms. The van der Waals surface area contributed by atoms with Gasteiger partial charge in [0.15, 0.2) is 0 Å². The predicted octanol–water partition coefficient (Wildman–Crippen LogP) is 2.58. The second-order valence-corrected chi connectivity index (χ2v) is 7.22. The Hall–Kier alpha value is -1.88. The molecule has 2 N–H and O–H groups in total. The van der Waals surface area contributed by atoms with E-state index in [2.05, 4.69) is 9.88 Å². The number of nitrogens with one attached hydrogen (secondary N) is 1. The lowest BCUT2D eigenvalue weighted by atomic mass is 9.85. The zero-order valence-electron chi connectivity index (χ0n) is 13.9. The van der Waals surface area contributed by atoms with Crippen LogP contribution < -0.4 is 5.32 Å². The molecule has 4 rings (SSSR count). The number of benzene rings is 1. The fraction of sp³-hybridized carbons (Fsp3) is 0.579. The Morgan fingerprint density at radius 1 is 1.21 bits per heavy atom. The highest BCUT2D eigenvalue weighted by atomic mass is 16.3. The maximum Gasteiger partial charge on any atom is 0.240 e. The normalized spacial score (nSPS) is 24.2. The molecule has 2 atom stereocenters. The zero-order valence-corrected chi connectivity index (χ0v) is 13.9. The Kier molecular flexibility index (Phi) is 4.27. The van der Waals surface area contributed by atoms with Crippen LogP contribution in [0.5, 0.6) is 0 Å². The zero-order chi connectivity index (χ0) is 16.5. The van der Waals surface area contributed by atoms with Crippen LogP contribution in [0.15, 0.2) is 24.3 Å². The summed E-state index contributed by atoms with van der Waals surface area (Å²) in [6.45, 7) is 0.479. The monoisotopic (exact) mass is 327 g/mol. The summed E-state index contributed by atoms with van der Waals surface area (Å²) >= 11 is 0. The van der Waals surface area contributed by atoms with E-state index in [1.807, 2.05) is 24.3 Å². The lowest BCUT2D eigenvalue weighted by Crippen LogP contribution is -2.44. The van der Waals surface area contributed by atoms with E-state index in [0.29, 0.717) is 12.5 Å². The molecule has 2 aromatic rings. The SMILES string of the molecule is O=C(Cn1c(C2CC2)nc2ccccc21)NC1CCCCC1CO. The molecule has 0 bridgehead atoms. The van der Waals surface area contributed by atoms with Crippen molar-refractivity contribution in [3.8, 4) is 0 Å². The number of nitrogens with zero attached hydrogens (tertiary/aromatic N) is 2. The molecule has 1 aromatic heterocycles. The highest BCUT2D eigenvalue weighted by Gasteiger charge is 2.31. The Labute approximate surface area is 142 Å². The van der Waals surface area contributed by atoms with Gasteiger partial charge < -0.3 is 15.0 Å². The molecule has 0 aliphatic heterocycles. The molecule has 2 saturated carbocycles. The minimum absolute atomic E-state index is 0.0328. The molecule has 1 heterocycles. The quantitative estimate of drug-likeness (QED) is 0.887. The minimum Gasteiger partial charge on any atom is -0.396 e. The van der Waals surface area contributed by atoms with Gasteiger partial charge in [-0.25, -0.2) is 4.98 Å². The average molecular weight is 327 g/mol.